The van der Waals surface area contributed by atoms with Gasteiger partial charge in [0.2, 0.25) is 0 Å². The van der Waals surface area contributed by atoms with E-state index < -0.39 is 23.0 Å². The van der Waals surface area contributed by atoms with Gasteiger partial charge in [-0.15, -0.1) is 0 Å². The monoisotopic (exact) mass is 470 g/mol. The summed E-state index contributed by atoms with van der Waals surface area (Å²) >= 11 is 3.16. The van der Waals surface area contributed by atoms with Gasteiger partial charge in [0.05, 0.1) is 23.3 Å². The molecule has 0 aliphatic heterocycles. The first kappa shape index (κ1) is 19.8. The maximum atomic E-state index is 14.1. The van der Waals surface area contributed by atoms with Gasteiger partial charge in [0.25, 0.3) is 11.5 Å². The van der Waals surface area contributed by atoms with Gasteiger partial charge in [-0.1, -0.05) is 46.3 Å². The quantitative estimate of drug-likeness (QED) is 0.479. The number of hydrogen-bond donors (Lipinski definition) is 2. The van der Waals surface area contributed by atoms with Gasteiger partial charge < -0.3 is 14.9 Å². The van der Waals surface area contributed by atoms with Crippen LogP contribution in [0.4, 0.5) is 10.1 Å². The molecule has 4 aromatic rings. The van der Waals surface area contributed by atoms with Crippen LogP contribution in [0.1, 0.15) is 15.9 Å². The highest BCUT2D eigenvalue weighted by atomic mass is 79.9. The highest BCUT2D eigenvalue weighted by Crippen LogP contribution is 2.21. The average Bonchev–Trinajstić information content (AvgIpc) is 3.04. The third-order valence-electron chi connectivity index (χ3n) is 4.71. The molecular weight excluding hydrogens is 455 g/mol. The Bertz CT molecular complexity index is 1390. The van der Waals surface area contributed by atoms with Crippen molar-refractivity contribution >= 4 is 38.6 Å². The SMILES string of the molecule is Cn1cc(C(=O)Nc2ccc(Br)cc2F)c2[nH]c(=O)n(Cc3ccccc3)c(=O)c21. The number of rotatable bonds is 4. The van der Waals surface area contributed by atoms with E-state index in [2.05, 4.69) is 26.2 Å². The minimum Gasteiger partial charge on any atom is -0.344 e. The Morgan fingerprint density at radius 3 is 2.60 bits per heavy atom. The van der Waals surface area contributed by atoms with Crippen molar-refractivity contribution in [1.29, 1.82) is 0 Å². The third-order valence-corrected chi connectivity index (χ3v) is 5.21. The Labute approximate surface area is 177 Å². The van der Waals surface area contributed by atoms with Crippen molar-refractivity contribution in [2.24, 2.45) is 7.05 Å². The van der Waals surface area contributed by atoms with E-state index in [1.165, 1.54) is 22.9 Å². The van der Waals surface area contributed by atoms with Crippen molar-refractivity contribution in [2.75, 3.05) is 5.32 Å². The number of aryl methyl sites for hydroxylation is 1. The molecule has 2 aromatic carbocycles. The van der Waals surface area contributed by atoms with E-state index in [1.807, 2.05) is 30.3 Å². The molecule has 0 bridgehead atoms. The largest absolute Gasteiger partial charge is 0.344 e. The molecule has 2 aromatic heterocycles. The van der Waals surface area contributed by atoms with E-state index >= 15 is 0 Å². The summed E-state index contributed by atoms with van der Waals surface area (Å²) in [5, 5.41) is 2.47. The van der Waals surface area contributed by atoms with E-state index in [9.17, 15) is 18.8 Å². The zero-order valence-corrected chi connectivity index (χ0v) is 17.4. The van der Waals surface area contributed by atoms with E-state index in [0.717, 1.165) is 10.1 Å². The number of aromatic amines is 1. The summed E-state index contributed by atoms with van der Waals surface area (Å²) in [5.74, 6) is -1.26. The maximum Gasteiger partial charge on any atom is 0.329 e. The molecule has 0 unspecified atom stereocenters. The van der Waals surface area contributed by atoms with Crippen LogP contribution >= 0.6 is 15.9 Å². The minimum absolute atomic E-state index is 0.0139. The molecule has 9 heteroatoms. The molecule has 0 radical (unpaired) electrons. The van der Waals surface area contributed by atoms with Gasteiger partial charge >= 0.3 is 5.69 Å². The Hall–Kier alpha value is -3.46. The van der Waals surface area contributed by atoms with E-state index in [0.29, 0.717) is 4.47 Å². The Kier molecular flexibility index (Phi) is 5.13. The van der Waals surface area contributed by atoms with Crippen molar-refractivity contribution in [3.63, 3.8) is 0 Å². The molecule has 152 valence electrons. The number of hydrogen-bond acceptors (Lipinski definition) is 3. The lowest BCUT2D eigenvalue weighted by Gasteiger charge is -2.07. The number of aromatic nitrogens is 3. The van der Waals surface area contributed by atoms with Crippen LogP contribution in [0, 0.1) is 5.82 Å². The number of nitrogens with zero attached hydrogens (tertiary/aromatic N) is 2. The number of carbonyl (C=O) groups excluding carboxylic acids is 1. The second kappa shape index (κ2) is 7.75. The standard InChI is InChI=1S/C21H16BrFN4O3/c1-26-11-14(19(28)24-16-8-7-13(22)9-15(16)23)17-18(26)20(29)27(21(30)25-17)10-12-5-3-2-4-6-12/h2-9,11H,10H2,1H3,(H,24,28)(H,25,30). The number of benzene rings is 2. The van der Waals surface area contributed by atoms with Gasteiger partial charge in [-0.3, -0.25) is 14.2 Å². The van der Waals surface area contributed by atoms with Crippen LogP contribution in [-0.4, -0.2) is 20.0 Å². The summed E-state index contributed by atoms with van der Waals surface area (Å²) < 4.78 is 17.2. The van der Waals surface area contributed by atoms with Crippen LogP contribution in [-0.2, 0) is 13.6 Å². The van der Waals surface area contributed by atoms with Crippen LogP contribution in [0.3, 0.4) is 0 Å². The average molecular weight is 471 g/mol. The minimum atomic E-state index is -0.641. The van der Waals surface area contributed by atoms with E-state index in [-0.39, 0.29) is 28.8 Å². The molecule has 7 nitrogen and oxygen atoms in total. The fraction of sp³-hybridized carbons (Fsp3) is 0.0952. The molecule has 0 aliphatic rings. The third kappa shape index (κ3) is 3.59. The van der Waals surface area contributed by atoms with Gasteiger partial charge in [-0.25, -0.2) is 9.18 Å². The highest BCUT2D eigenvalue weighted by molar-refractivity contribution is 9.10. The van der Waals surface area contributed by atoms with Gasteiger partial charge in [-0.05, 0) is 23.8 Å². The van der Waals surface area contributed by atoms with Gasteiger partial charge in [0.1, 0.15) is 11.3 Å². The number of amides is 1. The van der Waals surface area contributed by atoms with E-state index in [4.69, 9.17) is 0 Å². The topological polar surface area (TPSA) is 88.9 Å². The first-order valence-electron chi connectivity index (χ1n) is 8.97. The van der Waals surface area contributed by atoms with Gasteiger partial charge in [0.15, 0.2) is 0 Å². The normalized spacial score (nSPS) is 11.0. The summed E-state index contributed by atoms with van der Waals surface area (Å²) in [7, 11) is 1.60. The molecule has 2 N–H and O–H groups in total. The Morgan fingerprint density at radius 1 is 1.17 bits per heavy atom. The molecule has 0 atom stereocenters. The number of anilines is 1. The molecule has 0 saturated carbocycles. The highest BCUT2D eigenvalue weighted by Gasteiger charge is 2.20. The van der Waals surface area contributed by atoms with Crippen LogP contribution in [0.2, 0.25) is 0 Å². The fourth-order valence-corrected chi connectivity index (χ4v) is 3.60. The smallest absolute Gasteiger partial charge is 0.329 e. The molecular formula is C21H16BrFN4O3. The second-order valence-electron chi connectivity index (χ2n) is 6.76. The number of H-pyrrole nitrogens is 1. The molecule has 4 rings (SSSR count). The van der Waals surface area contributed by atoms with Gasteiger partial charge in [-0.2, -0.15) is 0 Å². The lowest BCUT2D eigenvalue weighted by atomic mass is 10.2. The van der Waals surface area contributed by atoms with E-state index in [1.54, 1.807) is 13.1 Å². The molecule has 0 saturated heterocycles. The fourth-order valence-electron chi connectivity index (χ4n) is 3.27. The van der Waals surface area contributed by atoms with Crippen LogP contribution in [0.15, 0.2) is 68.8 Å². The summed E-state index contributed by atoms with van der Waals surface area (Å²) in [4.78, 5) is 40.9. The molecule has 0 fully saturated rings. The molecule has 1 amide bonds. The summed E-state index contributed by atoms with van der Waals surface area (Å²) in [5.41, 5.74) is -0.0302. The number of nitrogens with one attached hydrogen (secondary N) is 2. The first-order valence-corrected chi connectivity index (χ1v) is 9.77. The van der Waals surface area contributed by atoms with Crippen LogP contribution in [0.25, 0.3) is 11.0 Å². The van der Waals surface area contributed by atoms with Crippen molar-refractivity contribution in [1.82, 2.24) is 14.1 Å². The Balaban J connectivity index is 1.77. The zero-order valence-electron chi connectivity index (χ0n) is 15.8. The molecule has 30 heavy (non-hydrogen) atoms. The number of carbonyl (C=O) groups is 1. The molecule has 2 heterocycles. The first-order chi connectivity index (χ1) is 14.3. The molecule has 0 aliphatic carbocycles. The predicted molar refractivity (Wildman–Crippen MR) is 115 cm³/mol. The summed E-state index contributed by atoms with van der Waals surface area (Å²) in [6.07, 6.45) is 1.43. The maximum absolute atomic E-state index is 14.1. The lowest BCUT2D eigenvalue weighted by molar-refractivity contribution is 0.102. The van der Waals surface area contributed by atoms with Crippen molar-refractivity contribution in [3.05, 3.63) is 97.0 Å². The summed E-state index contributed by atoms with van der Waals surface area (Å²) in [6.45, 7) is 0.0990. The lowest BCUT2D eigenvalue weighted by Crippen LogP contribution is -2.36. The predicted octanol–water partition coefficient (Wildman–Crippen LogP) is 3.23. The zero-order chi connectivity index (χ0) is 21.4. The number of halogens is 2. The molecule has 0 spiro atoms. The van der Waals surface area contributed by atoms with Crippen LogP contribution in [0.5, 0.6) is 0 Å². The van der Waals surface area contributed by atoms with Crippen LogP contribution < -0.4 is 16.6 Å². The Morgan fingerprint density at radius 2 is 1.90 bits per heavy atom. The van der Waals surface area contributed by atoms with Crippen molar-refractivity contribution in [3.8, 4) is 0 Å². The second-order valence-corrected chi connectivity index (χ2v) is 7.68. The van der Waals surface area contributed by atoms with Gasteiger partial charge in [0, 0.05) is 17.7 Å². The van der Waals surface area contributed by atoms with Crippen molar-refractivity contribution in [2.45, 2.75) is 6.54 Å². The summed E-state index contributed by atoms with van der Waals surface area (Å²) in [6, 6.07) is 13.3. The number of fused-ring (bicyclic) bond motifs is 1. The van der Waals surface area contributed by atoms with Crippen molar-refractivity contribution < 1.29 is 9.18 Å².